The van der Waals surface area contributed by atoms with E-state index in [1.807, 2.05) is 12.1 Å². The van der Waals surface area contributed by atoms with Crippen molar-refractivity contribution in [2.24, 2.45) is 0 Å². The molecule has 4 rings (SSSR count). The number of ketones is 1. The summed E-state index contributed by atoms with van der Waals surface area (Å²) in [5.41, 5.74) is 1.26. The van der Waals surface area contributed by atoms with Gasteiger partial charge < -0.3 is 29.2 Å². The summed E-state index contributed by atoms with van der Waals surface area (Å²) < 4.78 is 23.0. The predicted octanol–water partition coefficient (Wildman–Crippen LogP) is 28.4. The molecule has 0 aliphatic rings. The van der Waals surface area contributed by atoms with E-state index in [0.29, 0.717) is 47.0 Å². The Morgan fingerprint density at radius 2 is 0.578 bits per heavy atom. The summed E-state index contributed by atoms with van der Waals surface area (Å²) in [6, 6.07) is 16.8. The fraction of sp³-hybridized carbons (Fsp3) is 0.747. The van der Waals surface area contributed by atoms with Crippen molar-refractivity contribution in [1.29, 1.82) is 0 Å². The van der Waals surface area contributed by atoms with Crippen LogP contribution in [-0.4, -0.2) is 62.8 Å². The van der Waals surface area contributed by atoms with Crippen LogP contribution in [0.3, 0.4) is 0 Å². The number of esters is 1. The number of carbonyl (C=O) groups excluding carboxylic acids is 2. The Kier molecular flexibility index (Phi) is 54.3. The molecule has 1 heterocycles. The number of hydrogen-bond donors (Lipinski definition) is 2. The first-order chi connectivity index (χ1) is 50.1. The number of ether oxygens (including phenoxy) is 4. The van der Waals surface area contributed by atoms with Crippen molar-refractivity contribution >= 4 is 11.8 Å². The quantitative estimate of drug-likeness (QED) is 0.0321. The number of Topliss-reactive ketones (excluding diaryl/α,β-unsaturated/α-hetero) is 1. The van der Waals surface area contributed by atoms with Crippen LogP contribution in [0.15, 0.2) is 60.7 Å². The molecule has 4 aromatic rings. The maximum absolute atomic E-state index is 13.2. The van der Waals surface area contributed by atoms with Crippen LogP contribution in [0, 0.1) is 0 Å². The summed E-state index contributed by atoms with van der Waals surface area (Å²) in [5.74, 6) is 1.17. The molecule has 102 heavy (non-hydrogen) atoms. The molecule has 0 amide bonds. The Balaban J connectivity index is 1.03. The van der Waals surface area contributed by atoms with Gasteiger partial charge in [-0.25, -0.2) is 19.7 Å². The lowest BCUT2D eigenvalue weighted by Gasteiger charge is -2.16. The van der Waals surface area contributed by atoms with Crippen LogP contribution < -0.4 is 14.2 Å². The molecule has 578 valence electrons. The van der Waals surface area contributed by atoms with Crippen LogP contribution in [0.4, 0.5) is 0 Å². The largest absolute Gasteiger partial charge is 0.507 e. The van der Waals surface area contributed by atoms with Gasteiger partial charge in [0.1, 0.15) is 28.7 Å². The second-order valence-electron chi connectivity index (χ2n) is 30.4. The Morgan fingerprint density at radius 3 is 0.863 bits per heavy atom. The third kappa shape index (κ3) is 44.6. The molecule has 2 unspecified atom stereocenters. The van der Waals surface area contributed by atoms with Gasteiger partial charge in [0.15, 0.2) is 35.5 Å². The van der Waals surface area contributed by atoms with Crippen molar-refractivity contribution in [1.82, 2.24) is 15.0 Å². The smallest absolute Gasteiger partial charge is 0.347 e. The van der Waals surface area contributed by atoms with Gasteiger partial charge in [0.05, 0.1) is 24.8 Å². The Bertz CT molecular complexity index is 2640. The predicted molar refractivity (Wildman–Crippen MR) is 431 cm³/mol. The lowest BCUT2D eigenvalue weighted by atomic mass is 10.0. The number of methoxy groups -OCH3 is 1. The summed E-state index contributed by atoms with van der Waals surface area (Å²) in [5, 5.41) is 22.9. The van der Waals surface area contributed by atoms with Gasteiger partial charge in [-0.3, -0.25) is 4.79 Å². The lowest BCUT2D eigenvalue weighted by molar-refractivity contribution is -0.151. The fourth-order valence-electron chi connectivity index (χ4n) is 14.3. The van der Waals surface area contributed by atoms with E-state index in [2.05, 4.69) is 13.8 Å². The van der Waals surface area contributed by atoms with Gasteiger partial charge in [0, 0.05) is 24.1 Å². The molecule has 2 atom stereocenters. The highest BCUT2D eigenvalue weighted by Crippen LogP contribution is 2.37. The van der Waals surface area contributed by atoms with Gasteiger partial charge in [-0.05, 0) is 75.2 Å². The number of phenolic OH excluding ortho intramolecular Hbond substituents is 2. The molecule has 2 N–H and O–H groups in total. The van der Waals surface area contributed by atoms with Crippen molar-refractivity contribution in [3.8, 4) is 62.9 Å². The molecule has 0 bridgehead atoms. The van der Waals surface area contributed by atoms with Crippen molar-refractivity contribution in [2.45, 2.75) is 425 Å². The van der Waals surface area contributed by atoms with Gasteiger partial charge in [-0.2, -0.15) is 0 Å². The Hall–Kier alpha value is -5.19. The van der Waals surface area contributed by atoms with E-state index in [4.69, 9.17) is 33.9 Å². The molecule has 0 aliphatic carbocycles. The molecule has 0 aliphatic heterocycles. The minimum atomic E-state index is -0.891. The van der Waals surface area contributed by atoms with Gasteiger partial charge >= 0.3 is 5.97 Å². The second-order valence-corrected chi connectivity index (χ2v) is 30.4. The zero-order chi connectivity index (χ0) is 72.8. The highest BCUT2D eigenvalue weighted by molar-refractivity contribution is 5.83. The summed E-state index contributed by atoms with van der Waals surface area (Å²) >= 11 is 0. The standard InChI is InChI=1S/C91H151N3O8/c1-6-8-10-12-14-16-18-20-22-24-26-28-30-32-34-36-38-40-42-44-46-48-50-52-54-56-58-60-62-64-74-100-91(98)78(4)102-82-71-73-84(87(97)76-82)90-93-88(79-66-68-80(99-5)69-67-79)92-89(94-90)83-72-70-81(75-86(83)96)101-77(3)85(95)65-63-61-59-57-55-53-51-49-47-45-43-41-39-37-35-33-31-29-27-25-23-21-19-17-15-13-11-9-7-2/h66-73,75-78,96-97H,6-65,74H2,1-5H3. The van der Waals surface area contributed by atoms with E-state index < -0.39 is 18.2 Å². The van der Waals surface area contributed by atoms with Crippen molar-refractivity contribution in [3.05, 3.63) is 60.7 Å². The molecular weight excluding hydrogens is 1260 g/mol. The van der Waals surface area contributed by atoms with Crippen LogP contribution in [0.1, 0.15) is 413 Å². The second kappa shape index (κ2) is 62.1. The topological polar surface area (TPSA) is 150 Å². The van der Waals surface area contributed by atoms with Crippen LogP contribution in [0.2, 0.25) is 0 Å². The van der Waals surface area contributed by atoms with Gasteiger partial charge in [-0.15, -0.1) is 0 Å². The highest BCUT2D eigenvalue weighted by Gasteiger charge is 2.22. The van der Waals surface area contributed by atoms with Gasteiger partial charge in [0.25, 0.3) is 0 Å². The van der Waals surface area contributed by atoms with E-state index >= 15 is 0 Å². The van der Waals surface area contributed by atoms with Crippen molar-refractivity contribution in [3.63, 3.8) is 0 Å². The van der Waals surface area contributed by atoms with Crippen LogP contribution in [-0.2, 0) is 14.3 Å². The maximum atomic E-state index is 13.2. The SMILES string of the molecule is CCCCCCCCCCCCCCCCCCCCCCCCCCCCCCCCOC(=O)C(C)Oc1ccc(-c2nc(-c3ccc(OC)cc3)nc(-c3ccc(OC(C)C(=O)CCCCCCCCCCCCCCCCCCCCCCCCCCCCCCC)cc3O)n2)c(O)c1. The summed E-state index contributed by atoms with van der Waals surface area (Å²) in [6.07, 6.45) is 79.3. The first-order valence-electron chi connectivity index (χ1n) is 43.2. The first kappa shape index (κ1) is 89.2. The zero-order valence-electron chi connectivity index (χ0n) is 66.2. The van der Waals surface area contributed by atoms with E-state index in [1.54, 1.807) is 57.4 Å². The lowest BCUT2D eigenvalue weighted by Crippen LogP contribution is -2.26. The van der Waals surface area contributed by atoms with E-state index in [9.17, 15) is 19.8 Å². The van der Waals surface area contributed by atoms with Crippen molar-refractivity contribution < 1.29 is 38.7 Å². The van der Waals surface area contributed by atoms with E-state index in [0.717, 1.165) is 38.5 Å². The average molecular weight is 1420 g/mol. The third-order valence-electron chi connectivity index (χ3n) is 21.1. The molecular formula is C91H151N3O8. The summed E-state index contributed by atoms with van der Waals surface area (Å²) in [7, 11) is 1.60. The van der Waals surface area contributed by atoms with Crippen LogP contribution in [0.25, 0.3) is 34.2 Å². The monoisotopic (exact) mass is 1410 g/mol. The van der Waals surface area contributed by atoms with Crippen LogP contribution >= 0.6 is 0 Å². The minimum absolute atomic E-state index is 0.0350. The molecule has 0 saturated heterocycles. The molecule has 3 aromatic carbocycles. The number of benzene rings is 3. The van der Waals surface area contributed by atoms with E-state index in [-0.39, 0.29) is 34.7 Å². The average Bonchev–Trinajstić information content (AvgIpc) is 0.789. The minimum Gasteiger partial charge on any atom is -0.507 e. The fourth-order valence-corrected chi connectivity index (χ4v) is 14.3. The Morgan fingerprint density at radius 1 is 0.324 bits per heavy atom. The number of rotatable bonds is 71. The van der Waals surface area contributed by atoms with Gasteiger partial charge in [-0.1, -0.05) is 380 Å². The normalized spacial score (nSPS) is 12.1. The molecule has 1 aromatic heterocycles. The third-order valence-corrected chi connectivity index (χ3v) is 21.1. The maximum Gasteiger partial charge on any atom is 0.347 e. The number of aromatic nitrogens is 3. The molecule has 0 radical (unpaired) electrons. The molecule has 0 saturated carbocycles. The number of phenols is 2. The molecule has 11 nitrogen and oxygen atoms in total. The number of carbonyl (C=O) groups is 2. The van der Waals surface area contributed by atoms with Crippen molar-refractivity contribution in [2.75, 3.05) is 13.7 Å². The molecule has 0 fully saturated rings. The zero-order valence-corrected chi connectivity index (χ0v) is 66.2. The number of unbranched alkanes of at least 4 members (excludes halogenated alkanes) is 57. The summed E-state index contributed by atoms with van der Waals surface area (Å²) in [6.45, 7) is 8.34. The highest BCUT2D eigenvalue weighted by atomic mass is 16.6. The number of nitrogens with zero attached hydrogens (tertiary/aromatic N) is 3. The number of aromatic hydroxyl groups is 2. The van der Waals surface area contributed by atoms with Gasteiger partial charge in [0.2, 0.25) is 0 Å². The van der Waals surface area contributed by atoms with E-state index in [1.165, 1.54) is 352 Å². The molecule has 0 spiro atoms. The van der Waals surface area contributed by atoms with Crippen LogP contribution in [0.5, 0.6) is 28.7 Å². The summed E-state index contributed by atoms with van der Waals surface area (Å²) in [4.78, 5) is 40.4. The molecule has 11 heteroatoms. The Labute approximate surface area is 624 Å². The number of hydrogen-bond acceptors (Lipinski definition) is 11. The first-order valence-corrected chi connectivity index (χ1v) is 43.2.